The molecule has 1 aromatic rings. The van der Waals surface area contributed by atoms with E-state index in [1.807, 2.05) is 13.8 Å². The van der Waals surface area contributed by atoms with Gasteiger partial charge in [0.05, 0.1) is 18.9 Å². The molecule has 0 saturated heterocycles. The first-order valence-corrected chi connectivity index (χ1v) is 5.73. The van der Waals surface area contributed by atoms with Crippen molar-refractivity contribution in [3.63, 3.8) is 0 Å². The summed E-state index contributed by atoms with van der Waals surface area (Å²) in [6.45, 7) is 3.92. The van der Waals surface area contributed by atoms with Crippen LogP contribution in [0.3, 0.4) is 0 Å². The first kappa shape index (κ1) is 13.4. The Hall–Kier alpha value is -1.71. The number of benzene rings is 1. The maximum Gasteiger partial charge on any atom is 0.342 e. The Labute approximate surface area is 102 Å². The van der Waals surface area contributed by atoms with Gasteiger partial charge in [-0.1, -0.05) is 19.4 Å². The number of rotatable bonds is 5. The molecule has 0 aliphatic rings. The molecule has 1 rings (SSSR count). The Balaban J connectivity index is 2.85. The van der Waals surface area contributed by atoms with E-state index in [0.29, 0.717) is 17.0 Å². The molecular weight excluding hydrogens is 218 g/mol. The van der Waals surface area contributed by atoms with Crippen LogP contribution in [-0.2, 0) is 4.74 Å². The van der Waals surface area contributed by atoms with Gasteiger partial charge in [0.2, 0.25) is 0 Å². The van der Waals surface area contributed by atoms with Crippen LogP contribution in [0, 0.1) is 0 Å². The number of carbonyl (C=O) groups excluding carboxylic acids is 1. The quantitative estimate of drug-likeness (QED) is 0.631. The van der Waals surface area contributed by atoms with Crippen molar-refractivity contribution in [2.75, 3.05) is 12.8 Å². The van der Waals surface area contributed by atoms with Gasteiger partial charge >= 0.3 is 5.97 Å². The van der Waals surface area contributed by atoms with Crippen molar-refractivity contribution < 1.29 is 14.3 Å². The molecule has 17 heavy (non-hydrogen) atoms. The zero-order valence-electron chi connectivity index (χ0n) is 10.5. The van der Waals surface area contributed by atoms with Crippen LogP contribution in [0.25, 0.3) is 0 Å². The third-order valence-electron chi connectivity index (χ3n) is 2.47. The average molecular weight is 237 g/mol. The van der Waals surface area contributed by atoms with E-state index in [0.717, 1.165) is 12.8 Å². The standard InChI is InChI=1S/C13H19NO3/c1-4-6-9(2)17-13(15)10-7-5-8-11(14)12(10)16-3/h5,7-9H,4,6,14H2,1-3H3. The van der Waals surface area contributed by atoms with Gasteiger partial charge in [-0.15, -0.1) is 0 Å². The lowest BCUT2D eigenvalue weighted by molar-refractivity contribution is 0.0320. The second kappa shape index (κ2) is 6.13. The second-order valence-electron chi connectivity index (χ2n) is 3.93. The van der Waals surface area contributed by atoms with Crippen molar-refractivity contribution in [3.8, 4) is 5.75 Å². The summed E-state index contributed by atoms with van der Waals surface area (Å²) in [7, 11) is 1.48. The number of methoxy groups -OCH3 is 1. The smallest absolute Gasteiger partial charge is 0.342 e. The first-order chi connectivity index (χ1) is 8.10. The van der Waals surface area contributed by atoms with E-state index in [1.165, 1.54) is 7.11 Å². The summed E-state index contributed by atoms with van der Waals surface area (Å²) in [5.74, 6) is -0.0173. The number of nitrogen functional groups attached to an aromatic ring is 1. The minimum atomic E-state index is -0.393. The predicted molar refractivity (Wildman–Crippen MR) is 67.2 cm³/mol. The summed E-state index contributed by atoms with van der Waals surface area (Å²) in [5.41, 5.74) is 6.53. The molecule has 0 fully saturated rings. The number of hydrogen-bond donors (Lipinski definition) is 1. The van der Waals surface area contributed by atoms with Crippen LogP contribution < -0.4 is 10.5 Å². The largest absolute Gasteiger partial charge is 0.494 e. The molecular formula is C13H19NO3. The molecule has 0 radical (unpaired) electrons. The molecule has 1 atom stereocenters. The fourth-order valence-electron chi connectivity index (χ4n) is 1.66. The van der Waals surface area contributed by atoms with Crippen molar-refractivity contribution in [1.29, 1.82) is 0 Å². The highest BCUT2D eigenvalue weighted by atomic mass is 16.5. The number of hydrogen-bond acceptors (Lipinski definition) is 4. The average Bonchev–Trinajstić information content (AvgIpc) is 2.28. The molecule has 0 aromatic heterocycles. The third-order valence-corrected chi connectivity index (χ3v) is 2.47. The summed E-state index contributed by atoms with van der Waals surface area (Å²) in [6, 6.07) is 5.04. The van der Waals surface area contributed by atoms with Crippen LogP contribution >= 0.6 is 0 Å². The fraction of sp³-hybridized carbons (Fsp3) is 0.462. The van der Waals surface area contributed by atoms with Crippen LogP contribution in [0.15, 0.2) is 18.2 Å². The van der Waals surface area contributed by atoms with E-state index in [-0.39, 0.29) is 6.10 Å². The van der Waals surface area contributed by atoms with Gasteiger partial charge in [0, 0.05) is 0 Å². The number of carbonyl (C=O) groups is 1. The molecule has 1 unspecified atom stereocenters. The van der Waals surface area contributed by atoms with Gasteiger partial charge in [-0.3, -0.25) is 0 Å². The Morgan fingerprint density at radius 2 is 2.18 bits per heavy atom. The Morgan fingerprint density at radius 1 is 1.47 bits per heavy atom. The van der Waals surface area contributed by atoms with Crippen molar-refractivity contribution in [2.45, 2.75) is 32.8 Å². The van der Waals surface area contributed by atoms with E-state index in [9.17, 15) is 4.79 Å². The maximum absolute atomic E-state index is 11.9. The Kier molecular flexibility index (Phi) is 4.82. The highest BCUT2D eigenvalue weighted by Gasteiger charge is 2.17. The molecule has 4 nitrogen and oxygen atoms in total. The molecule has 0 aliphatic heterocycles. The van der Waals surface area contributed by atoms with Crippen molar-refractivity contribution >= 4 is 11.7 Å². The van der Waals surface area contributed by atoms with E-state index in [2.05, 4.69) is 0 Å². The van der Waals surface area contributed by atoms with Gasteiger partial charge < -0.3 is 15.2 Å². The minimum absolute atomic E-state index is 0.0985. The molecule has 0 bridgehead atoms. The van der Waals surface area contributed by atoms with Gasteiger partial charge in [-0.2, -0.15) is 0 Å². The minimum Gasteiger partial charge on any atom is -0.494 e. The Morgan fingerprint density at radius 3 is 2.76 bits per heavy atom. The van der Waals surface area contributed by atoms with Crippen molar-refractivity contribution in [3.05, 3.63) is 23.8 Å². The molecule has 94 valence electrons. The molecule has 1 aromatic carbocycles. The summed E-state index contributed by atoms with van der Waals surface area (Å²) in [5, 5.41) is 0. The SMILES string of the molecule is CCCC(C)OC(=O)c1cccc(N)c1OC. The Bertz CT molecular complexity index is 390. The van der Waals surface area contributed by atoms with E-state index in [1.54, 1.807) is 18.2 Å². The first-order valence-electron chi connectivity index (χ1n) is 5.73. The zero-order valence-corrected chi connectivity index (χ0v) is 10.5. The van der Waals surface area contributed by atoms with E-state index < -0.39 is 5.97 Å². The monoisotopic (exact) mass is 237 g/mol. The van der Waals surface area contributed by atoms with E-state index >= 15 is 0 Å². The van der Waals surface area contributed by atoms with Crippen LogP contribution in [-0.4, -0.2) is 19.2 Å². The van der Waals surface area contributed by atoms with Gasteiger partial charge in [-0.25, -0.2) is 4.79 Å². The van der Waals surface area contributed by atoms with Gasteiger partial charge in [0.25, 0.3) is 0 Å². The lowest BCUT2D eigenvalue weighted by atomic mass is 10.1. The molecule has 0 saturated carbocycles. The molecule has 0 spiro atoms. The van der Waals surface area contributed by atoms with Crippen molar-refractivity contribution in [1.82, 2.24) is 0 Å². The lowest BCUT2D eigenvalue weighted by Gasteiger charge is -2.14. The highest BCUT2D eigenvalue weighted by Crippen LogP contribution is 2.26. The second-order valence-corrected chi connectivity index (χ2v) is 3.93. The molecule has 0 heterocycles. The van der Waals surface area contributed by atoms with Gasteiger partial charge in [0.15, 0.2) is 5.75 Å². The number of esters is 1. The lowest BCUT2D eigenvalue weighted by Crippen LogP contribution is -2.15. The highest BCUT2D eigenvalue weighted by molar-refractivity contribution is 5.94. The topological polar surface area (TPSA) is 61.5 Å². The normalized spacial score (nSPS) is 11.9. The van der Waals surface area contributed by atoms with Gasteiger partial charge in [-0.05, 0) is 25.5 Å². The van der Waals surface area contributed by atoms with Crippen LogP contribution in [0.2, 0.25) is 0 Å². The van der Waals surface area contributed by atoms with Crippen molar-refractivity contribution in [2.24, 2.45) is 0 Å². The third kappa shape index (κ3) is 3.37. The summed E-state index contributed by atoms with van der Waals surface area (Å²) in [4.78, 5) is 11.9. The predicted octanol–water partition coefficient (Wildman–Crippen LogP) is 2.62. The summed E-state index contributed by atoms with van der Waals surface area (Å²) >= 11 is 0. The van der Waals surface area contributed by atoms with Gasteiger partial charge in [0.1, 0.15) is 5.56 Å². The maximum atomic E-state index is 11.9. The molecule has 2 N–H and O–H groups in total. The molecule has 0 aliphatic carbocycles. The zero-order chi connectivity index (χ0) is 12.8. The number of anilines is 1. The summed E-state index contributed by atoms with van der Waals surface area (Å²) < 4.78 is 10.4. The molecule has 4 heteroatoms. The van der Waals surface area contributed by atoms with Crippen LogP contribution in [0.4, 0.5) is 5.69 Å². The fourth-order valence-corrected chi connectivity index (χ4v) is 1.66. The van der Waals surface area contributed by atoms with Crippen LogP contribution in [0.5, 0.6) is 5.75 Å². The van der Waals surface area contributed by atoms with Crippen LogP contribution in [0.1, 0.15) is 37.0 Å². The van der Waals surface area contributed by atoms with E-state index in [4.69, 9.17) is 15.2 Å². The number of nitrogens with two attached hydrogens (primary N) is 1. The summed E-state index contributed by atoms with van der Waals surface area (Å²) in [6.07, 6.45) is 1.72. The number of para-hydroxylation sites is 1. The number of ether oxygens (including phenoxy) is 2. The molecule has 0 amide bonds.